The second-order valence-corrected chi connectivity index (χ2v) is 3.99. The maximum Gasteiger partial charge on any atom is 0.150 e. The molecule has 1 aromatic rings. The van der Waals surface area contributed by atoms with Gasteiger partial charge in [0.05, 0.1) is 0 Å². The lowest BCUT2D eigenvalue weighted by Gasteiger charge is -2.15. The minimum atomic E-state index is 0.285. The Balaban J connectivity index is 2.14. The molecule has 15 heavy (non-hydrogen) atoms. The number of hydrogen-bond acceptors (Lipinski definition) is 3. The molecule has 1 fully saturated rings. The highest BCUT2D eigenvalue weighted by atomic mass is 16.3. The van der Waals surface area contributed by atoms with Crippen LogP contribution in [-0.4, -0.2) is 29.4 Å². The van der Waals surface area contributed by atoms with Crippen LogP contribution in [0, 0.1) is 0 Å². The summed E-state index contributed by atoms with van der Waals surface area (Å²) >= 11 is 0. The number of rotatable bonds is 3. The highest BCUT2D eigenvalue weighted by molar-refractivity contribution is 5.75. The van der Waals surface area contributed by atoms with Gasteiger partial charge in [-0.2, -0.15) is 0 Å². The van der Waals surface area contributed by atoms with E-state index < -0.39 is 0 Å². The molecule has 0 amide bonds. The lowest BCUT2D eigenvalue weighted by Crippen LogP contribution is -2.18. The molecule has 1 saturated heterocycles. The van der Waals surface area contributed by atoms with Gasteiger partial charge in [0.25, 0.3) is 0 Å². The van der Waals surface area contributed by atoms with Crippen molar-refractivity contribution in [2.45, 2.75) is 19.4 Å². The van der Waals surface area contributed by atoms with Crippen LogP contribution in [0.15, 0.2) is 18.2 Å². The zero-order chi connectivity index (χ0) is 10.7. The number of phenolic OH excluding ortho intramolecular Hbond substituents is 1. The van der Waals surface area contributed by atoms with E-state index in [0.29, 0.717) is 5.56 Å². The number of likely N-dealkylation sites (tertiary alicyclic amines) is 1. The van der Waals surface area contributed by atoms with Crippen LogP contribution in [0.2, 0.25) is 0 Å². The summed E-state index contributed by atoms with van der Waals surface area (Å²) in [7, 11) is 0. The number of aromatic hydroxyl groups is 1. The van der Waals surface area contributed by atoms with Crippen molar-refractivity contribution in [3.63, 3.8) is 0 Å². The minimum absolute atomic E-state index is 0.285. The molecule has 0 atom stereocenters. The van der Waals surface area contributed by atoms with E-state index in [9.17, 15) is 9.90 Å². The van der Waals surface area contributed by atoms with E-state index in [1.165, 1.54) is 12.8 Å². The van der Waals surface area contributed by atoms with Crippen LogP contribution in [0.5, 0.6) is 5.75 Å². The Hall–Kier alpha value is -1.35. The number of phenols is 1. The Morgan fingerprint density at radius 3 is 2.73 bits per heavy atom. The van der Waals surface area contributed by atoms with Crippen molar-refractivity contribution in [1.29, 1.82) is 0 Å². The van der Waals surface area contributed by atoms with Gasteiger partial charge in [-0.3, -0.25) is 9.69 Å². The molecule has 0 aliphatic carbocycles. The Morgan fingerprint density at radius 2 is 2.07 bits per heavy atom. The molecule has 1 aliphatic heterocycles. The van der Waals surface area contributed by atoms with E-state index in [1.54, 1.807) is 18.2 Å². The van der Waals surface area contributed by atoms with E-state index in [2.05, 4.69) is 4.90 Å². The van der Waals surface area contributed by atoms with Gasteiger partial charge < -0.3 is 5.11 Å². The second-order valence-electron chi connectivity index (χ2n) is 3.99. The smallest absolute Gasteiger partial charge is 0.150 e. The Labute approximate surface area is 89.3 Å². The van der Waals surface area contributed by atoms with E-state index in [-0.39, 0.29) is 5.75 Å². The van der Waals surface area contributed by atoms with Gasteiger partial charge in [0.1, 0.15) is 12.0 Å². The third-order valence-electron chi connectivity index (χ3n) is 2.83. The zero-order valence-electron chi connectivity index (χ0n) is 8.65. The lowest BCUT2D eigenvalue weighted by atomic mass is 10.1. The van der Waals surface area contributed by atoms with E-state index >= 15 is 0 Å². The van der Waals surface area contributed by atoms with E-state index in [0.717, 1.165) is 31.5 Å². The van der Waals surface area contributed by atoms with Crippen molar-refractivity contribution < 1.29 is 9.90 Å². The molecule has 1 N–H and O–H groups in total. The third-order valence-corrected chi connectivity index (χ3v) is 2.83. The fourth-order valence-corrected chi connectivity index (χ4v) is 1.99. The zero-order valence-corrected chi connectivity index (χ0v) is 8.65. The molecule has 1 aliphatic rings. The van der Waals surface area contributed by atoms with Crippen LogP contribution in [0.4, 0.5) is 0 Å². The Kier molecular flexibility index (Phi) is 3.02. The van der Waals surface area contributed by atoms with Crippen molar-refractivity contribution in [1.82, 2.24) is 4.90 Å². The average Bonchev–Trinajstić information content (AvgIpc) is 2.74. The molecule has 80 valence electrons. The summed E-state index contributed by atoms with van der Waals surface area (Å²) < 4.78 is 0. The van der Waals surface area contributed by atoms with E-state index in [4.69, 9.17) is 0 Å². The van der Waals surface area contributed by atoms with Gasteiger partial charge >= 0.3 is 0 Å². The number of carbonyl (C=O) groups is 1. The van der Waals surface area contributed by atoms with Crippen LogP contribution >= 0.6 is 0 Å². The monoisotopic (exact) mass is 205 g/mol. The summed E-state index contributed by atoms with van der Waals surface area (Å²) in [5, 5.41) is 9.65. The first kappa shape index (κ1) is 10.2. The van der Waals surface area contributed by atoms with Crippen molar-refractivity contribution in [2.75, 3.05) is 13.1 Å². The molecule has 0 spiro atoms. The predicted octanol–water partition coefficient (Wildman–Crippen LogP) is 1.80. The fourth-order valence-electron chi connectivity index (χ4n) is 1.99. The number of carbonyl (C=O) groups excluding carboxylic acids is 1. The number of benzene rings is 1. The lowest BCUT2D eigenvalue weighted by molar-refractivity contribution is 0.112. The number of hydrogen-bond donors (Lipinski definition) is 1. The fraction of sp³-hybridized carbons (Fsp3) is 0.417. The Morgan fingerprint density at radius 1 is 1.33 bits per heavy atom. The van der Waals surface area contributed by atoms with Gasteiger partial charge in [-0.05, 0) is 44.1 Å². The van der Waals surface area contributed by atoms with Gasteiger partial charge in [0.2, 0.25) is 0 Å². The van der Waals surface area contributed by atoms with Crippen LogP contribution in [0.25, 0.3) is 0 Å². The largest absolute Gasteiger partial charge is 0.508 e. The van der Waals surface area contributed by atoms with Crippen molar-refractivity contribution >= 4 is 6.29 Å². The quantitative estimate of drug-likeness (QED) is 0.765. The molecule has 1 heterocycles. The molecule has 0 aromatic heterocycles. The normalized spacial score (nSPS) is 16.8. The first-order valence-electron chi connectivity index (χ1n) is 5.29. The van der Waals surface area contributed by atoms with Crippen LogP contribution in [0.1, 0.15) is 28.8 Å². The molecule has 0 bridgehead atoms. The molecular formula is C12H15NO2. The molecule has 0 unspecified atom stereocenters. The SMILES string of the molecule is O=Cc1ccc(O)c(CN2CCCC2)c1. The molecule has 1 aromatic carbocycles. The van der Waals surface area contributed by atoms with Crippen molar-refractivity contribution in [3.05, 3.63) is 29.3 Å². The van der Waals surface area contributed by atoms with Crippen molar-refractivity contribution in [3.8, 4) is 5.75 Å². The van der Waals surface area contributed by atoms with Gasteiger partial charge in [-0.1, -0.05) is 0 Å². The first-order valence-corrected chi connectivity index (χ1v) is 5.29. The Bertz CT molecular complexity index is 357. The van der Waals surface area contributed by atoms with Gasteiger partial charge in [0, 0.05) is 17.7 Å². The molecule has 0 radical (unpaired) electrons. The summed E-state index contributed by atoms with van der Waals surface area (Å²) in [6.07, 6.45) is 3.27. The molecule has 3 nitrogen and oxygen atoms in total. The van der Waals surface area contributed by atoms with Crippen molar-refractivity contribution in [2.24, 2.45) is 0 Å². The predicted molar refractivity (Wildman–Crippen MR) is 58.0 cm³/mol. The third kappa shape index (κ3) is 2.36. The first-order chi connectivity index (χ1) is 7.29. The summed E-state index contributed by atoms with van der Waals surface area (Å²) in [5.74, 6) is 0.285. The second kappa shape index (κ2) is 4.45. The molecule has 3 heteroatoms. The van der Waals surface area contributed by atoms with Gasteiger partial charge in [-0.25, -0.2) is 0 Å². The minimum Gasteiger partial charge on any atom is -0.508 e. The summed E-state index contributed by atoms with van der Waals surface area (Å²) in [6, 6.07) is 4.99. The van der Waals surface area contributed by atoms with Crippen LogP contribution < -0.4 is 0 Å². The summed E-state index contributed by atoms with van der Waals surface area (Å²) in [6.45, 7) is 2.92. The molecule has 2 rings (SSSR count). The maximum atomic E-state index is 10.6. The number of nitrogens with zero attached hydrogens (tertiary/aromatic N) is 1. The summed E-state index contributed by atoms with van der Waals surface area (Å²) in [5.41, 5.74) is 1.48. The van der Waals surface area contributed by atoms with Crippen LogP contribution in [0.3, 0.4) is 0 Å². The standard InChI is InChI=1S/C12H15NO2/c14-9-10-3-4-12(15)11(7-10)8-13-5-1-2-6-13/h3-4,7,9,15H,1-2,5-6,8H2. The summed E-state index contributed by atoms with van der Waals surface area (Å²) in [4.78, 5) is 12.9. The van der Waals surface area contributed by atoms with Gasteiger partial charge in [0.15, 0.2) is 0 Å². The topological polar surface area (TPSA) is 40.5 Å². The van der Waals surface area contributed by atoms with E-state index in [1.807, 2.05) is 0 Å². The highest BCUT2D eigenvalue weighted by Crippen LogP contribution is 2.21. The highest BCUT2D eigenvalue weighted by Gasteiger charge is 2.13. The average molecular weight is 205 g/mol. The van der Waals surface area contributed by atoms with Crippen LogP contribution in [-0.2, 0) is 6.54 Å². The molecular weight excluding hydrogens is 190 g/mol. The number of aldehydes is 1. The molecule has 0 saturated carbocycles. The maximum absolute atomic E-state index is 10.6. The van der Waals surface area contributed by atoms with Gasteiger partial charge in [-0.15, -0.1) is 0 Å².